The minimum Gasteiger partial charge on any atom is -0.504 e. The van der Waals surface area contributed by atoms with E-state index in [0.717, 1.165) is 48.4 Å². The van der Waals surface area contributed by atoms with Crippen molar-refractivity contribution >= 4 is 11.8 Å². The van der Waals surface area contributed by atoms with Gasteiger partial charge in [-0.05, 0) is 125 Å². The number of aromatic hydroxyl groups is 2. The highest BCUT2D eigenvalue weighted by Crippen LogP contribution is 2.67. The smallest absolute Gasteiger partial charge is 0.244 e. The number of hydrogen-bond acceptors (Lipinski definition) is 10. The molecule has 2 spiro atoms. The second kappa shape index (κ2) is 11.4. The van der Waals surface area contributed by atoms with Crippen molar-refractivity contribution in [1.82, 2.24) is 20.4 Å². The number of hydrogen-bond donors (Lipinski definition) is 6. The van der Waals surface area contributed by atoms with Crippen molar-refractivity contribution in [2.24, 2.45) is 11.8 Å². The Labute approximate surface area is 326 Å². The number of phenolic OH excluding ortho intramolecular Hbond substituents is 2. The van der Waals surface area contributed by atoms with Gasteiger partial charge in [-0.1, -0.05) is 12.1 Å². The fraction of sp³-hybridized carbons (Fsp3) is 0.636. The van der Waals surface area contributed by atoms with Gasteiger partial charge in [0.1, 0.15) is 12.2 Å². The number of nitrogens with one attached hydrogen (secondary N) is 2. The van der Waals surface area contributed by atoms with E-state index in [1.165, 1.54) is 37.8 Å². The normalized spacial score (nSPS) is 41.0. The van der Waals surface area contributed by atoms with Crippen molar-refractivity contribution in [3.63, 3.8) is 0 Å². The quantitative estimate of drug-likeness (QED) is 0.220. The van der Waals surface area contributed by atoms with Gasteiger partial charge in [-0.25, -0.2) is 0 Å². The van der Waals surface area contributed by atoms with Gasteiger partial charge in [-0.2, -0.15) is 0 Å². The van der Waals surface area contributed by atoms with Crippen LogP contribution in [0.15, 0.2) is 36.4 Å². The van der Waals surface area contributed by atoms with Gasteiger partial charge >= 0.3 is 0 Å². The Bertz CT molecular complexity index is 1960. The molecule has 10 aliphatic rings. The molecule has 4 aliphatic heterocycles. The van der Waals surface area contributed by atoms with Crippen molar-refractivity contribution in [2.45, 2.75) is 135 Å². The van der Waals surface area contributed by atoms with Gasteiger partial charge in [0.25, 0.3) is 0 Å². The maximum atomic E-state index is 13.6. The molecule has 12 nitrogen and oxygen atoms in total. The summed E-state index contributed by atoms with van der Waals surface area (Å²) in [6.45, 7) is 3.64. The second-order valence-corrected chi connectivity index (χ2v) is 19.2. The molecule has 0 aromatic heterocycles. The zero-order valence-corrected chi connectivity index (χ0v) is 31.7. The summed E-state index contributed by atoms with van der Waals surface area (Å²) in [5.74, 6) is 1.52. The topological polar surface area (TPSA) is 164 Å². The van der Waals surface area contributed by atoms with Crippen LogP contribution in [0.4, 0.5) is 0 Å². The lowest BCUT2D eigenvalue weighted by Gasteiger charge is -2.64. The van der Waals surface area contributed by atoms with E-state index < -0.39 is 58.1 Å². The lowest BCUT2D eigenvalue weighted by atomic mass is 9.48. The maximum absolute atomic E-state index is 13.6. The van der Waals surface area contributed by atoms with Crippen LogP contribution in [0, 0.1) is 11.8 Å². The van der Waals surface area contributed by atoms with E-state index in [1.54, 1.807) is 12.1 Å². The number of carbonyl (C=O) groups is 2. The van der Waals surface area contributed by atoms with E-state index in [0.29, 0.717) is 74.7 Å². The SMILES string of the molecule is O=C(/C=C/C(=O)N[C@@H]1CC[C@@]2(O)[C@H]3Cc4ccc(O)c5c4[C@@]2(CCN3CC2CC2)[C@H]1O5)N[C@@H]1CC[C@@]2(O)[C@H]3Cc4ccc(O)c5c4[C@@]2(CCN3CC2CC2)[C@H]1O5. The zero-order valence-electron chi connectivity index (χ0n) is 31.7. The molecule has 4 bridgehead atoms. The minimum atomic E-state index is -1.05. The highest BCUT2D eigenvalue weighted by Gasteiger charge is 2.74. The Kier molecular flexibility index (Phi) is 6.98. The number of ether oxygens (including phenoxy) is 2. The van der Waals surface area contributed by atoms with Crippen LogP contribution in [0.5, 0.6) is 23.0 Å². The number of amides is 2. The lowest BCUT2D eigenvalue weighted by molar-refractivity contribution is -0.192. The van der Waals surface area contributed by atoms with E-state index in [-0.39, 0.29) is 23.6 Å². The average Bonchev–Trinajstić information content (AvgIpc) is 4.10. The third kappa shape index (κ3) is 4.34. The molecule has 296 valence electrons. The van der Waals surface area contributed by atoms with Gasteiger partial charge in [-0.15, -0.1) is 0 Å². The molecule has 12 heteroatoms. The van der Waals surface area contributed by atoms with Crippen molar-refractivity contribution in [1.29, 1.82) is 0 Å². The summed E-state index contributed by atoms with van der Waals surface area (Å²) in [7, 11) is 0. The summed E-state index contributed by atoms with van der Waals surface area (Å²) in [4.78, 5) is 32.3. The predicted molar refractivity (Wildman–Crippen MR) is 203 cm³/mol. The number of carbonyl (C=O) groups excluding carboxylic acids is 2. The first kappa shape index (κ1) is 34.2. The molecule has 0 radical (unpaired) electrons. The predicted octanol–water partition coefficient (Wildman–Crippen LogP) is 2.45. The average molecular weight is 765 g/mol. The van der Waals surface area contributed by atoms with E-state index in [2.05, 4.69) is 20.4 Å². The summed E-state index contributed by atoms with van der Waals surface area (Å²) < 4.78 is 13.2. The first-order valence-corrected chi connectivity index (χ1v) is 21.3. The Balaban J connectivity index is 0.776. The van der Waals surface area contributed by atoms with Gasteiger partial charge in [-0.3, -0.25) is 19.4 Å². The Hall–Kier alpha value is -3.84. The molecule has 2 saturated heterocycles. The molecular weight excluding hydrogens is 713 g/mol. The highest BCUT2D eigenvalue weighted by molar-refractivity contribution is 5.97. The first-order valence-electron chi connectivity index (χ1n) is 21.3. The molecule has 10 atom stereocenters. The summed E-state index contributed by atoms with van der Waals surface area (Å²) in [6, 6.07) is 6.37. The summed E-state index contributed by atoms with van der Waals surface area (Å²) >= 11 is 0. The van der Waals surface area contributed by atoms with Crippen LogP contribution in [0.1, 0.15) is 86.5 Å². The zero-order chi connectivity index (χ0) is 37.9. The molecular formula is C44H52N4O8. The molecule has 2 aromatic carbocycles. The number of phenols is 2. The van der Waals surface area contributed by atoms with Crippen LogP contribution in [0.25, 0.3) is 0 Å². The first-order chi connectivity index (χ1) is 27.0. The van der Waals surface area contributed by atoms with E-state index in [4.69, 9.17) is 9.47 Å². The molecule has 2 amide bonds. The number of aliphatic hydroxyl groups is 2. The lowest BCUT2D eigenvalue weighted by Crippen LogP contribution is -2.78. The van der Waals surface area contributed by atoms with Crippen LogP contribution >= 0.6 is 0 Å². The highest BCUT2D eigenvalue weighted by atomic mass is 16.5. The van der Waals surface area contributed by atoms with E-state index >= 15 is 0 Å². The van der Waals surface area contributed by atoms with E-state index in [1.807, 2.05) is 12.1 Å². The van der Waals surface area contributed by atoms with Crippen LogP contribution < -0.4 is 20.1 Å². The Morgan fingerprint density at radius 2 is 1.09 bits per heavy atom. The molecule has 4 heterocycles. The fourth-order valence-corrected chi connectivity index (χ4v) is 13.9. The molecule has 4 saturated carbocycles. The van der Waals surface area contributed by atoms with Crippen molar-refractivity contribution in [3.8, 4) is 23.0 Å². The third-order valence-corrected chi connectivity index (χ3v) is 16.6. The van der Waals surface area contributed by atoms with Crippen LogP contribution in [-0.4, -0.2) is 116 Å². The number of benzene rings is 2. The summed E-state index contributed by atoms with van der Waals surface area (Å²) in [5.41, 5.74) is 0.429. The van der Waals surface area contributed by atoms with Crippen LogP contribution in [0.3, 0.4) is 0 Å². The summed E-state index contributed by atoms with van der Waals surface area (Å²) in [5, 5.41) is 53.8. The maximum Gasteiger partial charge on any atom is 0.244 e. The van der Waals surface area contributed by atoms with Gasteiger partial charge in [0, 0.05) is 48.5 Å². The van der Waals surface area contributed by atoms with E-state index in [9.17, 15) is 30.0 Å². The van der Waals surface area contributed by atoms with Gasteiger partial charge in [0.15, 0.2) is 23.0 Å². The number of likely N-dealkylation sites (tertiary alicyclic amines) is 2. The monoisotopic (exact) mass is 764 g/mol. The largest absolute Gasteiger partial charge is 0.504 e. The molecule has 2 aromatic rings. The van der Waals surface area contributed by atoms with Crippen molar-refractivity contribution < 1.29 is 39.5 Å². The molecule has 6 N–H and O–H groups in total. The third-order valence-electron chi connectivity index (χ3n) is 16.6. The van der Waals surface area contributed by atoms with Crippen LogP contribution in [-0.2, 0) is 33.3 Å². The minimum absolute atomic E-state index is 0.0523. The standard InChI is InChI=1S/C44H52N4O8/c49-29-7-5-25-19-31-43(53)13-11-27(39-41(43,35(25)37(29)55-39)15-17-47(31)21-23-1-2-23)45-33(51)9-10-34(52)46-28-12-14-44(54)32-20-26-6-8-30(50)38-36(26)42(44,40(28)56-38)16-18-48(32)22-24-3-4-24/h5-10,23-24,27-28,31-32,39-40,49-50,53-54H,1-4,11-22H2,(H,45,51)(H,46,52)/b10-9+/t27-,28-,31-,32-,39+,40+,41+,42+,43-,44-/m1/s1. The van der Waals surface area contributed by atoms with Gasteiger partial charge in [0.2, 0.25) is 11.8 Å². The molecule has 6 fully saturated rings. The molecule has 12 rings (SSSR count). The number of nitrogens with zero attached hydrogens (tertiary/aromatic N) is 2. The Morgan fingerprint density at radius 3 is 1.50 bits per heavy atom. The number of rotatable bonds is 8. The fourth-order valence-electron chi connectivity index (χ4n) is 13.9. The van der Waals surface area contributed by atoms with Crippen LogP contribution in [0.2, 0.25) is 0 Å². The van der Waals surface area contributed by atoms with Gasteiger partial charge < -0.3 is 40.5 Å². The Morgan fingerprint density at radius 1 is 0.661 bits per heavy atom. The second-order valence-electron chi connectivity index (χ2n) is 19.2. The summed E-state index contributed by atoms with van der Waals surface area (Å²) in [6.07, 6.45) is 11.2. The number of piperidine rings is 2. The molecule has 6 aliphatic carbocycles. The molecule has 56 heavy (non-hydrogen) atoms. The van der Waals surface area contributed by atoms with Crippen molar-refractivity contribution in [3.05, 3.63) is 58.7 Å². The van der Waals surface area contributed by atoms with Gasteiger partial charge in [0.05, 0.1) is 34.1 Å². The molecule has 0 unspecified atom stereocenters. The van der Waals surface area contributed by atoms with Crippen molar-refractivity contribution in [2.75, 3.05) is 26.2 Å².